The highest BCUT2D eigenvalue weighted by Gasteiger charge is 2.25. The van der Waals surface area contributed by atoms with Crippen molar-refractivity contribution in [2.24, 2.45) is 0 Å². The molecule has 0 aliphatic carbocycles. The fourth-order valence-electron chi connectivity index (χ4n) is 3.52. The second-order valence-corrected chi connectivity index (χ2v) is 7.41. The van der Waals surface area contributed by atoms with E-state index in [0.29, 0.717) is 12.1 Å². The van der Waals surface area contributed by atoms with Crippen molar-refractivity contribution in [1.29, 1.82) is 0 Å². The van der Waals surface area contributed by atoms with Gasteiger partial charge in [-0.25, -0.2) is 4.79 Å². The van der Waals surface area contributed by atoms with Gasteiger partial charge in [-0.1, -0.05) is 12.1 Å². The Morgan fingerprint density at radius 1 is 1.11 bits per heavy atom. The van der Waals surface area contributed by atoms with Crippen molar-refractivity contribution in [1.82, 2.24) is 9.80 Å². The van der Waals surface area contributed by atoms with Crippen molar-refractivity contribution in [2.75, 3.05) is 32.5 Å². The van der Waals surface area contributed by atoms with Gasteiger partial charge < -0.3 is 20.2 Å². The third-order valence-electron chi connectivity index (χ3n) is 5.30. The minimum Gasteiger partial charge on any atom is -0.478 e. The van der Waals surface area contributed by atoms with Crippen LogP contribution in [-0.4, -0.2) is 60.0 Å². The van der Waals surface area contributed by atoms with Gasteiger partial charge in [-0.3, -0.25) is 4.79 Å². The van der Waals surface area contributed by atoms with Gasteiger partial charge in [-0.2, -0.15) is 0 Å². The Labute approximate surface area is 165 Å². The molecule has 1 aliphatic rings. The fourth-order valence-corrected chi connectivity index (χ4v) is 3.52. The van der Waals surface area contributed by atoms with Crippen molar-refractivity contribution in [3.05, 3.63) is 65.2 Å². The maximum atomic E-state index is 12.8. The van der Waals surface area contributed by atoms with Crippen LogP contribution < -0.4 is 5.32 Å². The zero-order chi connectivity index (χ0) is 20.1. The molecule has 1 unspecified atom stereocenters. The molecule has 2 aromatic rings. The maximum Gasteiger partial charge on any atom is 0.335 e. The van der Waals surface area contributed by atoms with Crippen LogP contribution in [0, 0.1) is 0 Å². The van der Waals surface area contributed by atoms with Crippen molar-refractivity contribution in [3.63, 3.8) is 0 Å². The molecule has 2 aromatic carbocycles. The fraction of sp³-hybridized carbons (Fsp3) is 0.364. The first kappa shape index (κ1) is 19.9. The molecule has 1 saturated heterocycles. The predicted octanol–water partition coefficient (Wildman–Crippen LogP) is 3.16. The number of carbonyl (C=O) groups excluding carboxylic acids is 1. The van der Waals surface area contributed by atoms with E-state index in [9.17, 15) is 9.59 Å². The second kappa shape index (κ2) is 8.89. The quantitative estimate of drug-likeness (QED) is 0.804. The van der Waals surface area contributed by atoms with E-state index in [-0.39, 0.29) is 17.5 Å². The van der Waals surface area contributed by atoms with Gasteiger partial charge in [-0.05, 0) is 68.4 Å². The molecule has 1 amide bonds. The van der Waals surface area contributed by atoms with E-state index >= 15 is 0 Å². The topological polar surface area (TPSA) is 72.9 Å². The summed E-state index contributed by atoms with van der Waals surface area (Å²) in [6, 6.07) is 14.5. The van der Waals surface area contributed by atoms with Gasteiger partial charge in [0.25, 0.3) is 5.91 Å². The van der Waals surface area contributed by atoms with Gasteiger partial charge in [0, 0.05) is 37.4 Å². The minimum absolute atomic E-state index is 0.0520. The number of likely N-dealkylation sites (tertiary alicyclic amines) is 1. The Hall–Kier alpha value is -2.86. The van der Waals surface area contributed by atoms with Crippen LogP contribution in [0.2, 0.25) is 0 Å². The molecular weight excluding hydrogens is 354 g/mol. The molecule has 6 heteroatoms. The molecule has 6 nitrogen and oxygen atoms in total. The van der Waals surface area contributed by atoms with E-state index in [1.54, 1.807) is 24.3 Å². The molecule has 3 rings (SSSR count). The van der Waals surface area contributed by atoms with Gasteiger partial charge >= 0.3 is 5.97 Å². The molecule has 1 aliphatic heterocycles. The number of anilines is 1. The summed E-state index contributed by atoms with van der Waals surface area (Å²) in [6.07, 6.45) is 2.17. The Morgan fingerprint density at radius 3 is 2.36 bits per heavy atom. The second-order valence-electron chi connectivity index (χ2n) is 7.41. The number of carbonyl (C=O) groups is 2. The molecule has 1 atom stereocenters. The number of aromatic carboxylic acids is 1. The van der Waals surface area contributed by atoms with E-state index in [0.717, 1.165) is 37.2 Å². The number of amides is 1. The average Bonchev–Trinajstić information content (AvgIpc) is 2.72. The van der Waals surface area contributed by atoms with E-state index in [1.165, 1.54) is 0 Å². The van der Waals surface area contributed by atoms with Gasteiger partial charge in [-0.15, -0.1) is 0 Å². The number of likely N-dealkylation sites (N-methyl/N-ethyl adjacent to an activating group) is 2. The van der Waals surface area contributed by atoms with Crippen LogP contribution >= 0.6 is 0 Å². The number of carboxylic acid groups (broad SMARTS) is 1. The monoisotopic (exact) mass is 381 g/mol. The van der Waals surface area contributed by atoms with Crippen LogP contribution in [0.5, 0.6) is 0 Å². The van der Waals surface area contributed by atoms with E-state index in [2.05, 4.69) is 17.3 Å². The molecule has 148 valence electrons. The summed E-state index contributed by atoms with van der Waals surface area (Å²) >= 11 is 0. The molecule has 1 heterocycles. The molecule has 0 aromatic heterocycles. The average molecular weight is 381 g/mol. The summed E-state index contributed by atoms with van der Waals surface area (Å²) in [5.41, 5.74) is 2.87. The van der Waals surface area contributed by atoms with Crippen molar-refractivity contribution in [3.8, 4) is 0 Å². The number of nitrogens with one attached hydrogen (secondary N) is 1. The number of benzene rings is 2. The third-order valence-corrected chi connectivity index (χ3v) is 5.30. The van der Waals surface area contributed by atoms with Crippen LogP contribution in [0.3, 0.4) is 0 Å². The summed E-state index contributed by atoms with van der Waals surface area (Å²) in [4.78, 5) is 27.8. The zero-order valence-electron chi connectivity index (χ0n) is 16.4. The van der Waals surface area contributed by atoms with Crippen LogP contribution in [0.25, 0.3) is 0 Å². The Bertz CT molecular complexity index is 818. The van der Waals surface area contributed by atoms with Crippen LogP contribution in [0.4, 0.5) is 5.69 Å². The Kier molecular flexibility index (Phi) is 6.31. The summed E-state index contributed by atoms with van der Waals surface area (Å²) in [6.45, 7) is 2.60. The van der Waals surface area contributed by atoms with Crippen molar-refractivity contribution in [2.45, 2.75) is 25.4 Å². The first-order chi connectivity index (χ1) is 13.4. The number of carboxylic acids is 1. The number of hydrogen-bond acceptors (Lipinski definition) is 4. The standard InChI is InChI=1S/C22H27N3O3/c1-24-13-3-4-20(15-24)25(2)21(26)17-9-11-19(12-10-17)23-14-16-5-7-18(8-6-16)22(27)28/h5-12,20,23H,3-4,13-15H2,1-2H3,(H,27,28). The van der Waals surface area contributed by atoms with Gasteiger partial charge in [0.2, 0.25) is 0 Å². The number of hydrogen-bond donors (Lipinski definition) is 2. The van der Waals surface area contributed by atoms with Crippen LogP contribution in [0.1, 0.15) is 39.1 Å². The van der Waals surface area contributed by atoms with Gasteiger partial charge in [0.1, 0.15) is 0 Å². The molecule has 0 saturated carbocycles. The molecule has 1 fully saturated rings. The maximum absolute atomic E-state index is 12.8. The molecule has 0 radical (unpaired) electrons. The summed E-state index contributed by atoms with van der Waals surface area (Å²) in [5, 5.41) is 12.2. The smallest absolute Gasteiger partial charge is 0.335 e. The first-order valence-corrected chi connectivity index (χ1v) is 9.56. The molecule has 0 bridgehead atoms. The number of piperidine rings is 1. The highest BCUT2D eigenvalue weighted by molar-refractivity contribution is 5.94. The summed E-state index contributed by atoms with van der Waals surface area (Å²) in [5.74, 6) is -0.874. The van der Waals surface area contributed by atoms with Crippen molar-refractivity contribution >= 4 is 17.6 Å². The number of rotatable bonds is 6. The molecule has 28 heavy (non-hydrogen) atoms. The first-order valence-electron chi connectivity index (χ1n) is 9.56. The molecule has 0 spiro atoms. The lowest BCUT2D eigenvalue weighted by Crippen LogP contribution is -2.47. The Morgan fingerprint density at radius 2 is 1.75 bits per heavy atom. The van der Waals surface area contributed by atoms with E-state index in [4.69, 9.17) is 5.11 Å². The highest BCUT2D eigenvalue weighted by atomic mass is 16.4. The Balaban J connectivity index is 1.56. The lowest BCUT2D eigenvalue weighted by Gasteiger charge is -2.35. The SMILES string of the molecule is CN1CCCC(N(C)C(=O)c2ccc(NCc3ccc(C(=O)O)cc3)cc2)C1. The number of nitrogens with zero attached hydrogens (tertiary/aromatic N) is 2. The van der Waals surface area contributed by atoms with Crippen LogP contribution in [-0.2, 0) is 6.54 Å². The summed E-state index contributed by atoms with van der Waals surface area (Å²) < 4.78 is 0. The van der Waals surface area contributed by atoms with Crippen molar-refractivity contribution < 1.29 is 14.7 Å². The molecule has 2 N–H and O–H groups in total. The lowest BCUT2D eigenvalue weighted by molar-refractivity contribution is 0.0642. The third kappa shape index (κ3) is 4.89. The predicted molar refractivity (Wildman–Crippen MR) is 110 cm³/mol. The zero-order valence-corrected chi connectivity index (χ0v) is 16.4. The van der Waals surface area contributed by atoms with Crippen LogP contribution in [0.15, 0.2) is 48.5 Å². The largest absolute Gasteiger partial charge is 0.478 e. The molecular formula is C22H27N3O3. The summed E-state index contributed by atoms with van der Waals surface area (Å²) in [7, 11) is 3.99. The van der Waals surface area contributed by atoms with Gasteiger partial charge in [0.15, 0.2) is 0 Å². The minimum atomic E-state index is -0.926. The normalized spacial score (nSPS) is 17.1. The van der Waals surface area contributed by atoms with E-state index in [1.807, 2.05) is 36.2 Å². The van der Waals surface area contributed by atoms with Gasteiger partial charge in [0.05, 0.1) is 5.56 Å². The highest BCUT2D eigenvalue weighted by Crippen LogP contribution is 2.18. The van der Waals surface area contributed by atoms with E-state index < -0.39 is 5.97 Å². The lowest BCUT2D eigenvalue weighted by atomic mass is 10.0.